The number of methoxy groups -OCH3 is 1. The lowest BCUT2D eigenvalue weighted by atomic mass is 10.2. The Morgan fingerprint density at radius 3 is 3.10 bits per heavy atom. The summed E-state index contributed by atoms with van der Waals surface area (Å²) in [6.45, 7) is 0.532. The summed E-state index contributed by atoms with van der Waals surface area (Å²) in [5.74, 6) is 0.261. The molecule has 6 nitrogen and oxygen atoms in total. The molecule has 0 unspecified atom stereocenters. The van der Waals surface area contributed by atoms with Crippen LogP contribution in [0, 0.1) is 0 Å². The minimum atomic E-state index is -0.179. The van der Waals surface area contributed by atoms with Crippen molar-refractivity contribution >= 4 is 12.0 Å². The topological polar surface area (TPSA) is 87.2 Å². The van der Waals surface area contributed by atoms with Crippen LogP contribution in [-0.4, -0.2) is 34.6 Å². The van der Waals surface area contributed by atoms with Crippen molar-refractivity contribution in [2.45, 2.75) is 6.42 Å². The number of aromatic amines is 1. The van der Waals surface area contributed by atoms with E-state index in [9.17, 15) is 9.90 Å². The van der Waals surface area contributed by atoms with E-state index in [0.717, 1.165) is 11.3 Å². The second-order valence-corrected chi connectivity index (χ2v) is 4.38. The van der Waals surface area contributed by atoms with Gasteiger partial charge in [-0.05, 0) is 23.8 Å². The van der Waals surface area contributed by atoms with Gasteiger partial charge in [0.2, 0.25) is 5.91 Å². The number of nitrogens with one attached hydrogen (secondary N) is 2. The van der Waals surface area contributed by atoms with Crippen molar-refractivity contribution in [3.63, 3.8) is 0 Å². The highest BCUT2D eigenvalue weighted by atomic mass is 16.5. The standard InChI is InChI=1S/C15H17N3O3/c1-21-14-8-11(2-4-13(14)19)3-5-15(20)17-7-6-12-9-16-10-18-12/h2-5,8-10,19H,6-7H2,1H3,(H,16,18)(H,17,20)/b5-3+. The van der Waals surface area contributed by atoms with E-state index in [1.165, 1.54) is 19.3 Å². The molecule has 0 saturated heterocycles. The van der Waals surface area contributed by atoms with Gasteiger partial charge in [-0.2, -0.15) is 0 Å². The Morgan fingerprint density at radius 2 is 2.38 bits per heavy atom. The van der Waals surface area contributed by atoms with Gasteiger partial charge >= 0.3 is 0 Å². The lowest BCUT2D eigenvalue weighted by Crippen LogP contribution is -2.23. The number of H-pyrrole nitrogens is 1. The molecule has 6 heteroatoms. The van der Waals surface area contributed by atoms with E-state index in [1.807, 2.05) is 0 Å². The molecule has 1 aromatic heterocycles. The minimum Gasteiger partial charge on any atom is -0.504 e. The molecule has 2 aromatic rings. The van der Waals surface area contributed by atoms with E-state index in [1.54, 1.807) is 30.7 Å². The number of carbonyl (C=O) groups excluding carboxylic acids is 1. The number of phenolic OH excluding ortho intramolecular Hbond substituents is 1. The Balaban J connectivity index is 1.84. The molecule has 0 aliphatic rings. The van der Waals surface area contributed by atoms with Gasteiger partial charge in [0.15, 0.2) is 11.5 Å². The van der Waals surface area contributed by atoms with Gasteiger partial charge in [-0.1, -0.05) is 6.07 Å². The van der Waals surface area contributed by atoms with Gasteiger partial charge in [0, 0.05) is 30.9 Å². The molecule has 2 rings (SSSR count). The number of benzene rings is 1. The molecule has 3 N–H and O–H groups in total. The van der Waals surface area contributed by atoms with Crippen LogP contribution in [0.5, 0.6) is 11.5 Å². The zero-order valence-corrected chi connectivity index (χ0v) is 11.7. The number of aromatic nitrogens is 2. The van der Waals surface area contributed by atoms with E-state index in [0.29, 0.717) is 18.7 Å². The summed E-state index contributed by atoms with van der Waals surface area (Å²) in [6, 6.07) is 4.88. The minimum absolute atomic E-state index is 0.0682. The van der Waals surface area contributed by atoms with E-state index < -0.39 is 0 Å². The van der Waals surface area contributed by atoms with Gasteiger partial charge in [-0.15, -0.1) is 0 Å². The fourth-order valence-electron chi connectivity index (χ4n) is 1.77. The molecule has 0 radical (unpaired) electrons. The molecular weight excluding hydrogens is 270 g/mol. The van der Waals surface area contributed by atoms with Gasteiger partial charge in [0.05, 0.1) is 13.4 Å². The first-order chi connectivity index (χ1) is 10.2. The Bertz CT molecular complexity index is 621. The number of hydrogen-bond acceptors (Lipinski definition) is 4. The van der Waals surface area contributed by atoms with Crippen LogP contribution in [0.25, 0.3) is 6.08 Å². The summed E-state index contributed by atoms with van der Waals surface area (Å²) < 4.78 is 5.00. The monoisotopic (exact) mass is 287 g/mol. The molecule has 0 atom stereocenters. The fourth-order valence-corrected chi connectivity index (χ4v) is 1.77. The fraction of sp³-hybridized carbons (Fsp3) is 0.200. The summed E-state index contributed by atoms with van der Waals surface area (Å²) in [5, 5.41) is 12.3. The Morgan fingerprint density at radius 1 is 1.52 bits per heavy atom. The Labute approximate surface area is 122 Å². The van der Waals surface area contributed by atoms with Crippen molar-refractivity contribution in [3.8, 4) is 11.5 Å². The first-order valence-electron chi connectivity index (χ1n) is 6.49. The predicted molar refractivity (Wildman–Crippen MR) is 79.0 cm³/mol. The predicted octanol–water partition coefficient (Wildman–Crippen LogP) is 1.50. The molecule has 1 heterocycles. The number of hydrogen-bond donors (Lipinski definition) is 3. The number of amides is 1. The van der Waals surface area contributed by atoms with Crippen LogP contribution in [0.15, 0.2) is 36.8 Å². The molecule has 21 heavy (non-hydrogen) atoms. The number of ether oxygens (including phenoxy) is 1. The molecule has 0 aliphatic carbocycles. The van der Waals surface area contributed by atoms with Gasteiger partial charge in [-0.3, -0.25) is 4.79 Å². The number of imidazole rings is 1. The largest absolute Gasteiger partial charge is 0.504 e. The lowest BCUT2D eigenvalue weighted by Gasteiger charge is -2.04. The molecular formula is C15H17N3O3. The van der Waals surface area contributed by atoms with E-state index >= 15 is 0 Å². The van der Waals surface area contributed by atoms with Gasteiger partial charge in [-0.25, -0.2) is 4.98 Å². The van der Waals surface area contributed by atoms with Crippen LogP contribution in [-0.2, 0) is 11.2 Å². The zero-order chi connectivity index (χ0) is 15.1. The molecule has 0 spiro atoms. The average Bonchev–Trinajstić information content (AvgIpc) is 2.99. The van der Waals surface area contributed by atoms with Crippen LogP contribution >= 0.6 is 0 Å². The summed E-state index contributed by atoms with van der Waals surface area (Å²) in [5.41, 5.74) is 1.75. The number of carbonyl (C=O) groups is 1. The molecule has 110 valence electrons. The Hall–Kier alpha value is -2.76. The molecule has 0 aliphatic heterocycles. The van der Waals surface area contributed by atoms with Crippen LogP contribution in [0.4, 0.5) is 0 Å². The van der Waals surface area contributed by atoms with Gasteiger partial charge in [0.1, 0.15) is 0 Å². The summed E-state index contributed by atoms with van der Waals surface area (Å²) >= 11 is 0. The van der Waals surface area contributed by atoms with Crippen molar-refractivity contribution < 1.29 is 14.6 Å². The third-order valence-corrected chi connectivity index (χ3v) is 2.88. The van der Waals surface area contributed by atoms with Crippen molar-refractivity contribution in [2.75, 3.05) is 13.7 Å². The third kappa shape index (κ3) is 4.38. The van der Waals surface area contributed by atoms with Crippen molar-refractivity contribution in [3.05, 3.63) is 48.1 Å². The molecule has 1 aromatic carbocycles. The van der Waals surface area contributed by atoms with Crippen LogP contribution in [0.1, 0.15) is 11.3 Å². The smallest absolute Gasteiger partial charge is 0.244 e. The SMILES string of the molecule is COc1cc(/C=C/C(=O)NCCc2cnc[nH]2)ccc1O. The number of aromatic hydroxyl groups is 1. The quantitative estimate of drug-likeness (QED) is 0.703. The second-order valence-electron chi connectivity index (χ2n) is 4.38. The maximum atomic E-state index is 11.7. The van der Waals surface area contributed by atoms with Crippen molar-refractivity contribution in [1.82, 2.24) is 15.3 Å². The highest BCUT2D eigenvalue weighted by Crippen LogP contribution is 2.26. The molecule has 0 saturated carbocycles. The summed E-state index contributed by atoms with van der Waals surface area (Å²) in [7, 11) is 1.48. The highest BCUT2D eigenvalue weighted by Gasteiger charge is 2.01. The van der Waals surface area contributed by atoms with E-state index in [-0.39, 0.29) is 11.7 Å². The number of nitrogens with zero attached hydrogens (tertiary/aromatic N) is 1. The molecule has 0 fully saturated rings. The third-order valence-electron chi connectivity index (χ3n) is 2.88. The molecule has 1 amide bonds. The highest BCUT2D eigenvalue weighted by molar-refractivity contribution is 5.91. The number of phenols is 1. The first-order valence-corrected chi connectivity index (χ1v) is 6.49. The van der Waals surface area contributed by atoms with Crippen LogP contribution in [0.2, 0.25) is 0 Å². The van der Waals surface area contributed by atoms with E-state index in [4.69, 9.17) is 4.74 Å². The van der Waals surface area contributed by atoms with Crippen LogP contribution < -0.4 is 10.1 Å². The van der Waals surface area contributed by atoms with E-state index in [2.05, 4.69) is 15.3 Å². The van der Waals surface area contributed by atoms with Crippen LogP contribution in [0.3, 0.4) is 0 Å². The van der Waals surface area contributed by atoms with Crippen molar-refractivity contribution in [2.24, 2.45) is 0 Å². The van der Waals surface area contributed by atoms with Gasteiger partial charge < -0.3 is 20.1 Å². The molecule has 0 bridgehead atoms. The second kappa shape index (κ2) is 7.14. The maximum absolute atomic E-state index is 11.7. The first kappa shape index (κ1) is 14.6. The normalized spacial score (nSPS) is 10.7. The maximum Gasteiger partial charge on any atom is 0.244 e. The van der Waals surface area contributed by atoms with Gasteiger partial charge in [0.25, 0.3) is 0 Å². The lowest BCUT2D eigenvalue weighted by molar-refractivity contribution is -0.116. The summed E-state index contributed by atoms with van der Waals surface area (Å²) in [4.78, 5) is 18.5. The van der Waals surface area contributed by atoms with Crippen molar-refractivity contribution in [1.29, 1.82) is 0 Å². The zero-order valence-electron chi connectivity index (χ0n) is 11.7. The summed E-state index contributed by atoms with van der Waals surface area (Å²) in [6.07, 6.45) is 7.14. The Kier molecular flexibility index (Phi) is 4.98. The average molecular weight is 287 g/mol. The number of rotatable bonds is 6.